The van der Waals surface area contributed by atoms with Crippen LogP contribution in [0.5, 0.6) is 0 Å². The Morgan fingerprint density at radius 2 is 2.39 bits per heavy atom. The molecule has 5 nitrogen and oxygen atoms in total. The Morgan fingerprint density at radius 1 is 1.56 bits per heavy atom. The first-order valence-corrected chi connectivity index (χ1v) is 6.12. The fourth-order valence-electron chi connectivity index (χ4n) is 2.16. The van der Waals surface area contributed by atoms with E-state index in [1.54, 1.807) is 18.2 Å². The minimum atomic E-state index is -0.968. The third kappa shape index (κ3) is 2.92. The van der Waals surface area contributed by atoms with Crippen LogP contribution >= 0.6 is 0 Å². The van der Waals surface area contributed by atoms with E-state index in [9.17, 15) is 4.79 Å². The maximum Gasteiger partial charge on any atom is 0.337 e. The van der Waals surface area contributed by atoms with Crippen molar-refractivity contribution in [2.75, 3.05) is 30.8 Å². The zero-order chi connectivity index (χ0) is 13.0. The molecular formula is C13H18N2O3. The molecule has 0 radical (unpaired) electrons. The van der Waals surface area contributed by atoms with Crippen LogP contribution < -0.4 is 11.1 Å². The van der Waals surface area contributed by atoms with Gasteiger partial charge in [0.1, 0.15) is 0 Å². The average molecular weight is 250 g/mol. The fourth-order valence-corrected chi connectivity index (χ4v) is 2.16. The van der Waals surface area contributed by atoms with Gasteiger partial charge in [0.15, 0.2) is 0 Å². The predicted octanol–water partition coefficient (Wildman–Crippen LogP) is 1.81. The van der Waals surface area contributed by atoms with Crippen molar-refractivity contribution < 1.29 is 14.6 Å². The van der Waals surface area contributed by atoms with Crippen LogP contribution in [0, 0.1) is 5.92 Å². The standard InChI is InChI=1S/C13H18N2O3/c14-11-5-1-4-10(13(16)17)12(11)15-7-9-3-2-6-18-8-9/h1,4-5,9,15H,2-3,6-8,14H2,(H,16,17). The molecule has 0 bridgehead atoms. The molecule has 0 aliphatic carbocycles. The number of para-hydroxylation sites is 1. The lowest BCUT2D eigenvalue weighted by atomic mass is 10.0. The second kappa shape index (κ2) is 5.73. The van der Waals surface area contributed by atoms with E-state index in [1.807, 2.05) is 0 Å². The molecule has 0 saturated carbocycles. The third-order valence-corrected chi connectivity index (χ3v) is 3.15. The first-order valence-electron chi connectivity index (χ1n) is 6.12. The van der Waals surface area contributed by atoms with E-state index in [0.717, 1.165) is 26.1 Å². The smallest absolute Gasteiger partial charge is 0.337 e. The molecule has 1 atom stereocenters. The number of ether oxygens (including phenoxy) is 1. The van der Waals surface area contributed by atoms with Gasteiger partial charge in [-0.15, -0.1) is 0 Å². The van der Waals surface area contributed by atoms with Gasteiger partial charge in [0.05, 0.1) is 23.5 Å². The highest BCUT2D eigenvalue weighted by molar-refractivity contribution is 5.97. The predicted molar refractivity (Wildman–Crippen MR) is 69.8 cm³/mol. The molecule has 1 aromatic rings. The van der Waals surface area contributed by atoms with E-state index in [1.165, 1.54) is 0 Å². The van der Waals surface area contributed by atoms with Crippen LogP contribution in [-0.2, 0) is 4.74 Å². The summed E-state index contributed by atoms with van der Waals surface area (Å²) in [5.41, 5.74) is 7.01. The number of hydrogen-bond acceptors (Lipinski definition) is 4. The molecule has 2 rings (SSSR count). The van der Waals surface area contributed by atoms with Crippen LogP contribution in [0.3, 0.4) is 0 Å². The van der Waals surface area contributed by atoms with E-state index in [-0.39, 0.29) is 5.56 Å². The number of carbonyl (C=O) groups is 1. The zero-order valence-corrected chi connectivity index (χ0v) is 10.2. The molecule has 18 heavy (non-hydrogen) atoms. The van der Waals surface area contributed by atoms with Gasteiger partial charge in [-0.05, 0) is 30.9 Å². The number of carboxylic acid groups (broad SMARTS) is 1. The zero-order valence-electron chi connectivity index (χ0n) is 10.2. The Kier molecular flexibility index (Phi) is 4.04. The summed E-state index contributed by atoms with van der Waals surface area (Å²) in [6.45, 7) is 2.24. The van der Waals surface area contributed by atoms with Crippen molar-refractivity contribution >= 4 is 17.3 Å². The van der Waals surface area contributed by atoms with Crippen molar-refractivity contribution in [1.82, 2.24) is 0 Å². The van der Waals surface area contributed by atoms with E-state index in [4.69, 9.17) is 15.6 Å². The number of anilines is 2. The first-order chi connectivity index (χ1) is 8.68. The average Bonchev–Trinajstić information content (AvgIpc) is 2.38. The van der Waals surface area contributed by atoms with Crippen LogP contribution in [0.2, 0.25) is 0 Å². The Labute approximate surface area is 106 Å². The highest BCUT2D eigenvalue weighted by atomic mass is 16.5. The van der Waals surface area contributed by atoms with Crippen LogP contribution in [0.15, 0.2) is 18.2 Å². The highest BCUT2D eigenvalue weighted by Gasteiger charge is 2.16. The van der Waals surface area contributed by atoms with Crippen molar-refractivity contribution in [3.05, 3.63) is 23.8 Å². The van der Waals surface area contributed by atoms with E-state index in [0.29, 0.717) is 23.8 Å². The number of aromatic carboxylic acids is 1. The summed E-state index contributed by atoms with van der Waals surface area (Å²) in [5, 5.41) is 12.3. The van der Waals surface area contributed by atoms with Gasteiger partial charge in [-0.25, -0.2) is 4.79 Å². The fraction of sp³-hybridized carbons (Fsp3) is 0.462. The molecule has 1 fully saturated rings. The van der Waals surface area contributed by atoms with Gasteiger partial charge in [0.2, 0.25) is 0 Å². The number of carboxylic acids is 1. The molecule has 1 unspecified atom stereocenters. The SMILES string of the molecule is Nc1cccc(C(=O)O)c1NCC1CCCOC1. The maximum absolute atomic E-state index is 11.1. The first kappa shape index (κ1) is 12.7. The van der Waals surface area contributed by atoms with Crippen molar-refractivity contribution in [3.8, 4) is 0 Å². The Bertz CT molecular complexity index is 428. The summed E-state index contributed by atoms with van der Waals surface area (Å²) in [6, 6.07) is 4.90. The van der Waals surface area contributed by atoms with Crippen LogP contribution in [0.4, 0.5) is 11.4 Å². The Morgan fingerprint density at radius 3 is 3.06 bits per heavy atom. The lowest BCUT2D eigenvalue weighted by Gasteiger charge is -2.23. The minimum absolute atomic E-state index is 0.215. The highest BCUT2D eigenvalue weighted by Crippen LogP contribution is 2.24. The maximum atomic E-state index is 11.1. The summed E-state index contributed by atoms with van der Waals surface area (Å²) in [7, 11) is 0. The summed E-state index contributed by atoms with van der Waals surface area (Å²) in [6.07, 6.45) is 2.16. The second-order valence-electron chi connectivity index (χ2n) is 4.54. The summed E-state index contributed by atoms with van der Waals surface area (Å²) in [5.74, 6) is -0.551. The number of benzene rings is 1. The van der Waals surface area contributed by atoms with Crippen molar-refractivity contribution in [1.29, 1.82) is 0 Å². The van der Waals surface area contributed by atoms with Gasteiger partial charge in [-0.2, -0.15) is 0 Å². The number of hydrogen-bond donors (Lipinski definition) is 3. The number of nitrogens with two attached hydrogens (primary N) is 1. The number of nitrogens with one attached hydrogen (secondary N) is 1. The second-order valence-corrected chi connectivity index (χ2v) is 4.54. The van der Waals surface area contributed by atoms with Gasteiger partial charge >= 0.3 is 5.97 Å². The lowest BCUT2D eigenvalue weighted by Crippen LogP contribution is -2.25. The summed E-state index contributed by atoms with van der Waals surface area (Å²) < 4.78 is 5.39. The van der Waals surface area contributed by atoms with E-state index < -0.39 is 5.97 Å². The molecule has 0 amide bonds. The monoisotopic (exact) mass is 250 g/mol. The molecule has 5 heteroatoms. The molecule has 1 aromatic carbocycles. The molecule has 4 N–H and O–H groups in total. The molecule has 0 aromatic heterocycles. The lowest BCUT2D eigenvalue weighted by molar-refractivity contribution is 0.0595. The van der Waals surface area contributed by atoms with Crippen molar-refractivity contribution in [2.24, 2.45) is 5.92 Å². The van der Waals surface area contributed by atoms with E-state index >= 15 is 0 Å². The van der Waals surface area contributed by atoms with E-state index in [2.05, 4.69) is 5.32 Å². The van der Waals surface area contributed by atoms with Gasteiger partial charge in [0.25, 0.3) is 0 Å². The normalized spacial score (nSPS) is 19.4. The molecular weight excluding hydrogens is 232 g/mol. The van der Waals surface area contributed by atoms with Gasteiger partial charge < -0.3 is 20.9 Å². The molecule has 98 valence electrons. The third-order valence-electron chi connectivity index (χ3n) is 3.15. The number of nitrogen functional groups attached to an aromatic ring is 1. The van der Waals surface area contributed by atoms with Crippen molar-refractivity contribution in [3.63, 3.8) is 0 Å². The molecule has 1 saturated heterocycles. The van der Waals surface area contributed by atoms with Crippen LogP contribution in [0.25, 0.3) is 0 Å². The molecule has 0 spiro atoms. The molecule has 1 aliphatic heterocycles. The van der Waals surface area contributed by atoms with Crippen molar-refractivity contribution in [2.45, 2.75) is 12.8 Å². The summed E-state index contributed by atoms with van der Waals surface area (Å²) in [4.78, 5) is 11.1. The van der Waals surface area contributed by atoms with Crippen LogP contribution in [-0.4, -0.2) is 30.8 Å². The minimum Gasteiger partial charge on any atom is -0.478 e. The Hall–Kier alpha value is -1.75. The summed E-state index contributed by atoms with van der Waals surface area (Å²) >= 11 is 0. The topological polar surface area (TPSA) is 84.6 Å². The Balaban J connectivity index is 2.05. The van der Waals surface area contributed by atoms with Gasteiger partial charge in [-0.1, -0.05) is 6.07 Å². The quantitative estimate of drug-likeness (QED) is 0.710. The largest absolute Gasteiger partial charge is 0.478 e. The van der Waals surface area contributed by atoms with Gasteiger partial charge in [-0.3, -0.25) is 0 Å². The van der Waals surface area contributed by atoms with Gasteiger partial charge in [0, 0.05) is 13.2 Å². The van der Waals surface area contributed by atoms with Crippen LogP contribution in [0.1, 0.15) is 23.2 Å². The molecule has 1 aliphatic rings. The molecule has 1 heterocycles. The number of rotatable bonds is 4.